The maximum Gasteiger partial charge on any atom is 0.186 e. The molecule has 0 saturated carbocycles. The predicted molar refractivity (Wildman–Crippen MR) is 106 cm³/mol. The van der Waals surface area contributed by atoms with E-state index in [0.29, 0.717) is 0 Å². The van der Waals surface area contributed by atoms with Crippen molar-refractivity contribution in [2.75, 3.05) is 31.2 Å². The van der Waals surface area contributed by atoms with E-state index < -0.39 is 0 Å². The van der Waals surface area contributed by atoms with Crippen LogP contribution in [0.15, 0.2) is 29.0 Å². The van der Waals surface area contributed by atoms with E-state index in [1.807, 2.05) is 11.3 Å². The summed E-state index contributed by atoms with van der Waals surface area (Å²) in [6, 6.07) is 6.62. The van der Waals surface area contributed by atoms with Gasteiger partial charge in [-0.1, -0.05) is 6.07 Å². The quantitative estimate of drug-likeness (QED) is 0.665. The molecular weight excluding hydrogens is 350 g/mol. The standard InChI is InChI=1S/C19H23N3OS2/c1-14-12-17(15(2)22(14)6-5-16-4-3-11-24-16)18-13-25-19(20-18)21-7-9-23-10-8-21/h3-4,11-13H,5-10H2,1-2H3. The molecule has 0 atom stereocenters. The average Bonchev–Trinajstić information content (AvgIpc) is 3.36. The summed E-state index contributed by atoms with van der Waals surface area (Å²) in [6.45, 7) is 8.90. The number of thiazole rings is 1. The van der Waals surface area contributed by atoms with Gasteiger partial charge < -0.3 is 14.2 Å². The highest BCUT2D eigenvalue weighted by Gasteiger charge is 2.18. The van der Waals surface area contributed by atoms with Crippen molar-refractivity contribution >= 4 is 27.8 Å². The Balaban J connectivity index is 1.54. The largest absolute Gasteiger partial charge is 0.378 e. The molecule has 0 aromatic carbocycles. The highest BCUT2D eigenvalue weighted by molar-refractivity contribution is 7.14. The molecule has 6 heteroatoms. The zero-order valence-corrected chi connectivity index (χ0v) is 16.3. The molecule has 1 saturated heterocycles. The van der Waals surface area contributed by atoms with Gasteiger partial charge in [0.1, 0.15) is 0 Å². The molecular formula is C19H23N3OS2. The summed E-state index contributed by atoms with van der Waals surface area (Å²) < 4.78 is 7.86. The van der Waals surface area contributed by atoms with Gasteiger partial charge in [-0.3, -0.25) is 0 Å². The molecule has 0 bridgehead atoms. The molecule has 4 heterocycles. The first-order valence-electron chi connectivity index (χ1n) is 8.70. The molecule has 4 rings (SSSR count). The smallest absolute Gasteiger partial charge is 0.186 e. The normalized spacial score (nSPS) is 15.0. The Morgan fingerprint density at radius 3 is 2.80 bits per heavy atom. The number of ether oxygens (including phenoxy) is 1. The summed E-state index contributed by atoms with van der Waals surface area (Å²) in [6.07, 6.45) is 1.09. The van der Waals surface area contributed by atoms with Crippen LogP contribution in [0, 0.1) is 13.8 Å². The van der Waals surface area contributed by atoms with Gasteiger partial charge in [-0.05, 0) is 37.8 Å². The van der Waals surface area contributed by atoms with Crippen molar-refractivity contribution in [2.24, 2.45) is 0 Å². The zero-order chi connectivity index (χ0) is 17.2. The van der Waals surface area contributed by atoms with Crippen molar-refractivity contribution < 1.29 is 4.74 Å². The Morgan fingerprint density at radius 1 is 1.20 bits per heavy atom. The third-order valence-corrected chi connectivity index (χ3v) is 6.62. The third kappa shape index (κ3) is 3.52. The number of thiophene rings is 1. The second-order valence-corrected chi connectivity index (χ2v) is 8.25. The highest BCUT2D eigenvalue weighted by Crippen LogP contribution is 2.32. The number of rotatable bonds is 5. The lowest BCUT2D eigenvalue weighted by Crippen LogP contribution is -2.36. The predicted octanol–water partition coefficient (Wildman–Crippen LogP) is 4.37. The molecule has 0 amide bonds. The summed E-state index contributed by atoms with van der Waals surface area (Å²) in [7, 11) is 0. The van der Waals surface area contributed by atoms with Gasteiger partial charge in [0.05, 0.1) is 18.9 Å². The van der Waals surface area contributed by atoms with Crippen LogP contribution in [-0.4, -0.2) is 35.9 Å². The summed E-state index contributed by atoms with van der Waals surface area (Å²) >= 11 is 3.57. The van der Waals surface area contributed by atoms with Gasteiger partial charge in [0.2, 0.25) is 0 Å². The second-order valence-electron chi connectivity index (χ2n) is 6.38. The minimum absolute atomic E-state index is 0.798. The van der Waals surface area contributed by atoms with Crippen LogP contribution < -0.4 is 4.90 Å². The van der Waals surface area contributed by atoms with Crippen molar-refractivity contribution in [2.45, 2.75) is 26.8 Å². The van der Waals surface area contributed by atoms with Gasteiger partial charge in [0.15, 0.2) is 5.13 Å². The van der Waals surface area contributed by atoms with E-state index in [0.717, 1.165) is 50.1 Å². The van der Waals surface area contributed by atoms with Crippen molar-refractivity contribution in [3.8, 4) is 11.3 Å². The fourth-order valence-corrected chi connectivity index (χ4v) is 4.95. The molecule has 3 aromatic rings. The summed E-state index contributed by atoms with van der Waals surface area (Å²) in [5.41, 5.74) is 4.99. The monoisotopic (exact) mass is 373 g/mol. The first-order valence-corrected chi connectivity index (χ1v) is 10.5. The van der Waals surface area contributed by atoms with E-state index in [1.165, 1.54) is 21.8 Å². The van der Waals surface area contributed by atoms with Crippen LogP contribution in [0.3, 0.4) is 0 Å². The van der Waals surface area contributed by atoms with Gasteiger partial charge in [-0.15, -0.1) is 22.7 Å². The number of aromatic nitrogens is 2. The number of anilines is 1. The molecule has 1 aliphatic rings. The summed E-state index contributed by atoms with van der Waals surface area (Å²) in [5.74, 6) is 0. The Hall–Kier alpha value is -1.63. The molecule has 0 unspecified atom stereocenters. The minimum atomic E-state index is 0.798. The van der Waals surface area contributed by atoms with E-state index in [2.05, 4.69) is 52.3 Å². The van der Waals surface area contributed by atoms with Gasteiger partial charge in [-0.2, -0.15) is 0 Å². The molecule has 132 valence electrons. The fraction of sp³-hybridized carbons (Fsp3) is 0.421. The fourth-order valence-electron chi connectivity index (χ4n) is 3.37. The van der Waals surface area contributed by atoms with Crippen LogP contribution in [0.2, 0.25) is 0 Å². The lowest BCUT2D eigenvalue weighted by molar-refractivity contribution is 0.122. The molecule has 1 fully saturated rings. The van der Waals surface area contributed by atoms with Crippen molar-refractivity contribution in [1.29, 1.82) is 0 Å². The maximum atomic E-state index is 5.44. The number of morpholine rings is 1. The Labute approximate surface area is 156 Å². The van der Waals surface area contributed by atoms with Crippen LogP contribution >= 0.6 is 22.7 Å². The molecule has 3 aromatic heterocycles. The van der Waals surface area contributed by atoms with Gasteiger partial charge in [-0.25, -0.2) is 4.98 Å². The molecule has 0 radical (unpaired) electrons. The van der Waals surface area contributed by atoms with Crippen molar-refractivity contribution in [3.05, 3.63) is 45.2 Å². The number of hydrogen-bond acceptors (Lipinski definition) is 5. The SMILES string of the molecule is Cc1cc(-c2csc(N3CCOCC3)n2)c(C)n1CCc1cccs1. The van der Waals surface area contributed by atoms with Gasteiger partial charge in [0.25, 0.3) is 0 Å². The number of aryl methyl sites for hydroxylation is 2. The van der Waals surface area contributed by atoms with E-state index in [9.17, 15) is 0 Å². The lowest BCUT2D eigenvalue weighted by Gasteiger charge is -2.26. The molecule has 1 aliphatic heterocycles. The topological polar surface area (TPSA) is 30.3 Å². The number of hydrogen-bond donors (Lipinski definition) is 0. The first-order chi connectivity index (χ1) is 12.2. The maximum absolute atomic E-state index is 5.44. The van der Waals surface area contributed by atoms with Crippen LogP contribution in [0.5, 0.6) is 0 Å². The van der Waals surface area contributed by atoms with Crippen LogP contribution in [0.4, 0.5) is 5.13 Å². The van der Waals surface area contributed by atoms with E-state index in [-0.39, 0.29) is 0 Å². The third-order valence-electron chi connectivity index (χ3n) is 4.79. The lowest BCUT2D eigenvalue weighted by atomic mass is 10.2. The minimum Gasteiger partial charge on any atom is -0.378 e. The Bertz CT molecular complexity index is 829. The van der Waals surface area contributed by atoms with E-state index in [1.54, 1.807) is 11.3 Å². The zero-order valence-electron chi connectivity index (χ0n) is 14.7. The molecule has 0 spiro atoms. The van der Waals surface area contributed by atoms with E-state index in [4.69, 9.17) is 9.72 Å². The van der Waals surface area contributed by atoms with Gasteiger partial charge in [0, 0.05) is 46.8 Å². The summed E-state index contributed by atoms with van der Waals surface area (Å²) in [4.78, 5) is 8.68. The first kappa shape index (κ1) is 16.8. The van der Waals surface area contributed by atoms with Gasteiger partial charge >= 0.3 is 0 Å². The molecule has 25 heavy (non-hydrogen) atoms. The average molecular weight is 374 g/mol. The number of nitrogens with zero attached hydrogens (tertiary/aromatic N) is 3. The summed E-state index contributed by atoms with van der Waals surface area (Å²) in [5, 5.41) is 5.45. The molecule has 0 N–H and O–H groups in total. The van der Waals surface area contributed by atoms with Crippen molar-refractivity contribution in [1.82, 2.24) is 9.55 Å². The highest BCUT2D eigenvalue weighted by atomic mass is 32.1. The van der Waals surface area contributed by atoms with Crippen LogP contribution in [-0.2, 0) is 17.7 Å². The second kappa shape index (κ2) is 7.32. The molecule has 0 aliphatic carbocycles. The molecule has 4 nitrogen and oxygen atoms in total. The van der Waals surface area contributed by atoms with Crippen molar-refractivity contribution in [3.63, 3.8) is 0 Å². The van der Waals surface area contributed by atoms with Crippen LogP contribution in [0.25, 0.3) is 11.3 Å². The van der Waals surface area contributed by atoms with E-state index >= 15 is 0 Å². The Morgan fingerprint density at radius 2 is 2.04 bits per heavy atom. The Kier molecular flexibility index (Phi) is 4.92. The van der Waals surface area contributed by atoms with Crippen LogP contribution in [0.1, 0.15) is 16.3 Å².